The molecule has 11 heteroatoms. The number of nitrogens with one attached hydrogen (secondary N) is 2. The summed E-state index contributed by atoms with van der Waals surface area (Å²) in [6.07, 6.45) is 0. The van der Waals surface area contributed by atoms with Crippen LogP contribution in [0.15, 0.2) is 47.6 Å². The second-order valence-corrected chi connectivity index (χ2v) is 8.98. The van der Waals surface area contributed by atoms with Crippen molar-refractivity contribution in [1.82, 2.24) is 20.1 Å². The van der Waals surface area contributed by atoms with Crippen molar-refractivity contribution < 1.29 is 9.59 Å². The van der Waals surface area contributed by atoms with Gasteiger partial charge in [0.05, 0.1) is 22.4 Å². The third kappa shape index (κ3) is 6.16. The first kappa shape index (κ1) is 24.4. The highest BCUT2D eigenvalue weighted by atomic mass is 35.5. The first-order valence-corrected chi connectivity index (χ1v) is 11.8. The van der Waals surface area contributed by atoms with Gasteiger partial charge in [0.25, 0.3) is 5.91 Å². The number of hydrogen-bond acceptors (Lipinski definition) is 5. The van der Waals surface area contributed by atoms with Crippen molar-refractivity contribution in [2.75, 3.05) is 11.1 Å². The Morgan fingerprint density at radius 1 is 1.09 bits per heavy atom. The summed E-state index contributed by atoms with van der Waals surface area (Å²) in [5.74, 6) is 0.156. The molecule has 0 saturated heterocycles. The van der Waals surface area contributed by atoms with E-state index in [0.717, 1.165) is 0 Å². The molecule has 1 heterocycles. The predicted octanol–water partition coefficient (Wildman–Crippen LogP) is 5.48. The van der Waals surface area contributed by atoms with Gasteiger partial charge in [0.15, 0.2) is 11.0 Å². The molecule has 0 aliphatic heterocycles. The van der Waals surface area contributed by atoms with Gasteiger partial charge in [-0.2, -0.15) is 0 Å². The molecule has 1 unspecified atom stereocenters. The average Bonchev–Trinajstić information content (AvgIpc) is 3.14. The van der Waals surface area contributed by atoms with Crippen molar-refractivity contribution in [2.45, 2.75) is 31.6 Å². The first-order chi connectivity index (χ1) is 15.3. The molecule has 32 heavy (non-hydrogen) atoms. The summed E-state index contributed by atoms with van der Waals surface area (Å²) in [5.41, 5.74) is 0.901. The molecule has 168 valence electrons. The molecule has 0 aliphatic rings. The lowest BCUT2D eigenvalue weighted by Gasteiger charge is -2.15. The van der Waals surface area contributed by atoms with Crippen molar-refractivity contribution in [3.8, 4) is 0 Å². The summed E-state index contributed by atoms with van der Waals surface area (Å²) >= 11 is 19.3. The monoisotopic (exact) mass is 511 g/mol. The van der Waals surface area contributed by atoms with E-state index >= 15 is 0 Å². The molecule has 3 aromatic rings. The highest BCUT2D eigenvalue weighted by Gasteiger charge is 2.21. The summed E-state index contributed by atoms with van der Waals surface area (Å²) in [6, 6.07) is 11.2. The van der Waals surface area contributed by atoms with Gasteiger partial charge in [0.1, 0.15) is 0 Å². The Bertz CT molecular complexity index is 1120. The largest absolute Gasteiger partial charge is 0.342 e. The van der Waals surface area contributed by atoms with Crippen LogP contribution in [-0.4, -0.2) is 32.3 Å². The van der Waals surface area contributed by atoms with Gasteiger partial charge in [-0.25, -0.2) is 0 Å². The van der Waals surface area contributed by atoms with Crippen LogP contribution in [0.25, 0.3) is 0 Å². The molecular formula is C21H20Cl3N5O2S. The Morgan fingerprint density at radius 2 is 1.78 bits per heavy atom. The zero-order valence-electron chi connectivity index (χ0n) is 17.2. The van der Waals surface area contributed by atoms with Crippen molar-refractivity contribution in [3.63, 3.8) is 0 Å². The summed E-state index contributed by atoms with van der Waals surface area (Å²) in [4.78, 5) is 24.9. The predicted molar refractivity (Wildman–Crippen MR) is 129 cm³/mol. The molecule has 1 aromatic heterocycles. The molecule has 3 rings (SSSR count). The Morgan fingerprint density at radius 3 is 2.44 bits per heavy atom. The first-order valence-electron chi connectivity index (χ1n) is 9.65. The molecule has 7 nitrogen and oxygen atoms in total. The smallest absolute Gasteiger partial charge is 0.253 e. The highest BCUT2D eigenvalue weighted by molar-refractivity contribution is 7.99. The van der Waals surface area contributed by atoms with E-state index in [1.54, 1.807) is 42.5 Å². The number of carbonyl (C=O) groups excluding carboxylic acids is 2. The maximum atomic E-state index is 12.6. The minimum Gasteiger partial charge on any atom is -0.342 e. The van der Waals surface area contributed by atoms with E-state index in [1.807, 2.05) is 18.4 Å². The summed E-state index contributed by atoms with van der Waals surface area (Å²) in [7, 11) is 0. The van der Waals surface area contributed by atoms with Crippen LogP contribution < -0.4 is 10.6 Å². The normalized spacial score (nSPS) is 11.8. The number of rotatable bonds is 8. The summed E-state index contributed by atoms with van der Waals surface area (Å²) < 4.78 is 1.85. The van der Waals surface area contributed by atoms with Crippen molar-refractivity contribution in [2.24, 2.45) is 0 Å². The van der Waals surface area contributed by atoms with E-state index in [9.17, 15) is 9.59 Å². The molecule has 2 aromatic carbocycles. The quantitative estimate of drug-likeness (QED) is 0.390. The van der Waals surface area contributed by atoms with Crippen LogP contribution in [0.5, 0.6) is 0 Å². The lowest BCUT2D eigenvalue weighted by atomic mass is 10.2. The third-order valence-electron chi connectivity index (χ3n) is 4.39. The number of benzene rings is 2. The molecule has 0 spiro atoms. The number of carbonyl (C=O) groups is 2. The molecule has 0 bridgehead atoms. The van der Waals surface area contributed by atoms with Crippen LogP contribution in [0.2, 0.25) is 15.1 Å². The van der Waals surface area contributed by atoms with Gasteiger partial charge >= 0.3 is 0 Å². The fourth-order valence-electron chi connectivity index (χ4n) is 2.96. The van der Waals surface area contributed by atoms with Crippen LogP contribution in [0, 0.1) is 0 Å². The van der Waals surface area contributed by atoms with Gasteiger partial charge in [0.2, 0.25) is 5.91 Å². The fourth-order valence-corrected chi connectivity index (χ4v) is 4.52. The number of amides is 2. The molecule has 2 N–H and O–H groups in total. The Kier molecular flexibility index (Phi) is 8.42. The van der Waals surface area contributed by atoms with Crippen molar-refractivity contribution >= 4 is 64.1 Å². The van der Waals surface area contributed by atoms with E-state index in [1.165, 1.54) is 11.8 Å². The van der Waals surface area contributed by atoms with Crippen molar-refractivity contribution in [1.29, 1.82) is 0 Å². The molecule has 0 aliphatic carbocycles. The van der Waals surface area contributed by atoms with Gasteiger partial charge in [-0.3, -0.25) is 9.59 Å². The Balaban J connectivity index is 1.64. The van der Waals surface area contributed by atoms with Crippen LogP contribution in [-0.2, 0) is 11.3 Å². The molecule has 1 atom stereocenters. The van der Waals surface area contributed by atoms with Crippen LogP contribution in [0.4, 0.5) is 5.69 Å². The minimum atomic E-state index is -0.414. The molecular weight excluding hydrogens is 493 g/mol. The molecule has 0 fully saturated rings. The topological polar surface area (TPSA) is 88.9 Å². The van der Waals surface area contributed by atoms with E-state index in [0.29, 0.717) is 43.8 Å². The Hall–Kier alpha value is -2.26. The van der Waals surface area contributed by atoms with E-state index in [2.05, 4.69) is 20.8 Å². The second-order valence-electron chi connectivity index (χ2n) is 6.76. The Labute approximate surface area is 204 Å². The zero-order chi connectivity index (χ0) is 23.3. The number of halogens is 3. The average molecular weight is 513 g/mol. The number of anilines is 1. The summed E-state index contributed by atoms with van der Waals surface area (Å²) in [6.45, 7) is 4.32. The zero-order valence-corrected chi connectivity index (χ0v) is 20.3. The van der Waals surface area contributed by atoms with Crippen LogP contribution in [0.3, 0.4) is 0 Å². The van der Waals surface area contributed by atoms with E-state index in [4.69, 9.17) is 34.8 Å². The summed E-state index contributed by atoms with van der Waals surface area (Å²) in [5, 5.41) is 15.9. The SMILES string of the molecule is CCn1c(SCC(=O)Nc2cc(Cl)cc(Cl)c2)nnc1C(C)NC(=O)c1ccccc1Cl. The highest BCUT2D eigenvalue weighted by Crippen LogP contribution is 2.24. The third-order valence-corrected chi connectivity index (χ3v) is 6.13. The number of hydrogen-bond donors (Lipinski definition) is 2. The fraction of sp³-hybridized carbons (Fsp3) is 0.238. The lowest BCUT2D eigenvalue weighted by Crippen LogP contribution is -2.29. The number of aromatic nitrogens is 3. The maximum absolute atomic E-state index is 12.6. The standard InChI is InChI=1S/C21H20Cl3N5O2S/c1-3-29-19(12(2)25-20(31)16-6-4-5-7-17(16)24)27-28-21(29)32-11-18(30)26-15-9-13(22)8-14(23)10-15/h4-10,12H,3,11H2,1-2H3,(H,25,31)(H,26,30). The molecule has 0 radical (unpaired) electrons. The van der Waals surface area contributed by atoms with Gasteiger partial charge < -0.3 is 15.2 Å². The second kappa shape index (κ2) is 11.0. The molecule has 0 saturated carbocycles. The van der Waals surface area contributed by atoms with Gasteiger partial charge in [-0.05, 0) is 44.2 Å². The van der Waals surface area contributed by atoms with Gasteiger partial charge in [-0.15, -0.1) is 10.2 Å². The van der Waals surface area contributed by atoms with E-state index in [-0.39, 0.29) is 17.6 Å². The van der Waals surface area contributed by atoms with Crippen LogP contribution >= 0.6 is 46.6 Å². The lowest BCUT2D eigenvalue weighted by molar-refractivity contribution is -0.113. The van der Waals surface area contributed by atoms with Crippen LogP contribution in [0.1, 0.15) is 36.1 Å². The van der Waals surface area contributed by atoms with E-state index < -0.39 is 6.04 Å². The maximum Gasteiger partial charge on any atom is 0.253 e. The number of nitrogens with zero attached hydrogens (tertiary/aromatic N) is 3. The minimum absolute atomic E-state index is 0.114. The van der Waals surface area contributed by atoms with Gasteiger partial charge in [-0.1, -0.05) is 58.7 Å². The van der Waals surface area contributed by atoms with Gasteiger partial charge in [0, 0.05) is 22.3 Å². The number of thioether (sulfide) groups is 1. The molecule has 2 amide bonds. The van der Waals surface area contributed by atoms with Crippen molar-refractivity contribution in [3.05, 3.63) is 68.9 Å².